The highest BCUT2D eigenvalue weighted by Gasteiger charge is 2.03. The first-order valence-electron chi connectivity index (χ1n) is 4.77. The maximum Gasteiger partial charge on any atom is 0.330 e. The van der Waals surface area contributed by atoms with E-state index in [0.717, 1.165) is 0 Å². The summed E-state index contributed by atoms with van der Waals surface area (Å²) in [5.74, 6) is -0.285. The molecule has 1 aliphatic carbocycles. The second-order valence-electron chi connectivity index (χ2n) is 3.27. The second-order valence-corrected chi connectivity index (χ2v) is 3.27. The number of carbonyl (C=O) groups excluding carboxylic acids is 1. The molecule has 72 valence electrons. The van der Waals surface area contributed by atoms with Crippen LogP contribution in [-0.2, 0) is 9.53 Å². The highest BCUT2D eigenvalue weighted by molar-refractivity contribution is 5.82. The summed E-state index contributed by atoms with van der Waals surface area (Å²) in [5, 5.41) is 0. The van der Waals surface area contributed by atoms with E-state index in [2.05, 4.69) is 4.74 Å². The highest BCUT2D eigenvalue weighted by Crippen LogP contribution is 2.22. The summed E-state index contributed by atoms with van der Waals surface area (Å²) in [6.45, 7) is 0. The fourth-order valence-electron chi connectivity index (χ4n) is 1.50. The monoisotopic (exact) mass is 180 g/mol. The van der Waals surface area contributed by atoms with E-state index >= 15 is 0 Å². The molecule has 0 saturated heterocycles. The van der Waals surface area contributed by atoms with Gasteiger partial charge in [-0.2, -0.15) is 0 Å². The van der Waals surface area contributed by atoms with Gasteiger partial charge in [-0.3, -0.25) is 0 Å². The van der Waals surface area contributed by atoms with Crippen LogP contribution >= 0.6 is 0 Å². The molecule has 0 heterocycles. The van der Waals surface area contributed by atoms with Crippen LogP contribution in [0.3, 0.4) is 0 Å². The molecule has 0 atom stereocenters. The van der Waals surface area contributed by atoms with Crippen molar-refractivity contribution in [1.82, 2.24) is 0 Å². The van der Waals surface area contributed by atoms with Crippen molar-refractivity contribution in [3.63, 3.8) is 0 Å². The molecule has 0 aliphatic heterocycles. The Hall–Kier alpha value is -1.05. The minimum Gasteiger partial charge on any atom is -0.466 e. The number of rotatable bonds is 2. The standard InChI is InChI=1S/C11H16O2/c1-13-11(12)9-5-8-10-6-3-2-4-7-10/h5,8-9H,2-4,6-7H2,1H3. The molecular weight excluding hydrogens is 164 g/mol. The average molecular weight is 180 g/mol. The summed E-state index contributed by atoms with van der Waals surface area (Å²) >= 11 is 0. The molecule has 0 N–H and O–H groups in total. The molecule has 1 saturated carbocycles. The van der Waals surface area contributed by atoms with Gasteiger partial charge in [0.2, 0.25) is 0 Å². The molecule has 2 heteroatoms. The van der Waals surface area contributed by atoms with E-state index < -0.39 is 0 Å². The van der Waals surface area contributed by atoms with Crippen molar-refractivity contribution >= 4 is 5.97 Å². The number of allylic oxidation sites excluding steroid dienone is 3. The topological polar surface area (TPSA) is 26.3 Å². The van der Waals surface area contributed by atoms with Crippen LogP contribution in [0.25, 0.3) is 0 Å². The lowest BCUT2D eigenvalue weighted by molar-refractivity contribution is -0.134. The van der Waals surface area contributed by atoms with E-state index in [1.807, 2.05) is 6.08 Å². The number of ether oxygens (including phenoxy) is 1. The summed E-state index contributed by atoms with van der Waals surface area (Å²) in [6, 6.07) is 0. The van der Waals surface area contributed by atoms with Crippen molar-refractivity contribution < 1.29 is 9.53 Å². The number of carbonyl (C=O) groups is 1. The molecule has 0 radical (unpaired) electrons. The Balaban J connectivity index is 2.37. The van der Waals surface area contributed by atoms with Crippen molar-refractivity contribution in [2.24, 2.45) is 0 Å². The Kier molecular flexibility index (Phi) is 4.30. The molecule has 0 bridgehead atoms. The molecule has 13 heavy (non-hydrogen) atoms. The van der Waals surface area contributed by atoms with Crippen molar-refractivity contribution in [3.05, 3.63) is 23.8 Å². The maximum absolute atomic E-state index is 10.7. The summed E-state index contributed by atoms with van der Waals surface area (Å²) in [5.41, 5.74) is 1.45. The van der Waals surface area contributed by atoms with Crippen LogP contribution in [0.15, 0.2) is 23.8 Å². The summed E-state index contributed by atoms with van der Waals surface area (Å²) < 4.78 is 4.48. The van der Waals surface area contributed by atoms with Crippen molar-refractivity contribution in [1.29, 1.82) is 0 Å². The van der Waals surface area contributed by atoms with E-state index in [1.54, 1.807) is 6.08 Å². The van der Waals surface area contributed by atoms with Crippen LogP contribution in [0.4, 0.5) is 0 Å². The zero-order valence-electron chi connectivity index (χ0n) is 8.08. The highest BCUT2D eigenvalue weighted by atomic mass is 16.5. The lowest BCUT2D eigenvalue weighted by Gasteiger charge is -2.11. The lowest BCUT2D eigenvalue weighted by Crippen LogP contribution is -1.94. The Labute approximate surface area is 79.3 Å². The van der Waals surface area contributed by atoms with Crippen molar-refractivity contribution in [3.8, 4) is 0 Å². The third-order valence-electron chi connectivity index (χ3n) is 2.26. The molecule has 0 unspecified atom stereocenters. The first kappa shape index (κ1) is 10.0. The smallest absolute Gasteiger partial charge is 0.330 e. The molecule has 0 spiro atoms. The molecular formula is C11H16O2. The van der Waals surface area contributed by atoms with Crippen molar-refractivity contribution in [2.75, 3.05) is 7.11 Å². The average Bonchev–Trinajstić information content (AvgIpc) is 2.19. The van der Waals surface area contributed by atoms with E-state index in [1.165, 1.54) is 50.9 Å². The molecule has 0 amide bonds. The third kappa shape index (κ3) is 3.92. The van der Waals surface area contributed by atoms with Crippen LogP contribution < -0.4 is 0 Å². The molecule has 0 aromatic carbocycles. The van der Waals surface area contributed by atoms with Gasteiger partial charge in [0, 0.05) is 6.08 Å². The third-order valence-corrected chi connectivity index (χ3v) is 2.26. The predicted molar refractivity (Wildman–Crippen MR) is 52.3 cm³/mol. The van der Waals surface area contributed by atoms with E-state index in [0.29, 0.717) is 0 Å². The van der Waals surface area contributed by atoms with Gasteiger partial charge in [-0.25, -0.2) is 4.79 Å². The summed E-state index contributed by atoms with van der Waals surface area (Å²) in [6.07, 6.45) is 11.6. The van der Waals surface area contributed by atoms with Gasteiger partial charge < -0.3 is 4.74 Å². The molecule has 1 fully saturated rings. The first-order valence-corrected chi connectivity index (χ1v) is 4.77. The van der Waals surface area contributed by atoms with Crippen LogP contribution in [-0.4, -0.2) is 13.1 Å². The van der Waals surface area contributed by atoms with E-state index in [9.17, 15) is 4.79 Å². The quantitative estimate of drug-likeness (QED) is 0.482. The van der Waals surface area contributed by atoms with Gasteiger partial charge in [0.1, 0.15) is 0 Å². The fraction of sp³-hybridized carbons (Fsp3) is 0.545. The minimum absolute atomic E-state index is 0.285. The molecule has 0 aromatic rings. The SMILES string of the molecule is COC(=O)C=CC=C1CCCCC1. The first-order chi connectivity index (χ1) is 6.33. The van der Waals surface area contributed by atoms with Gasteiger partial charge in [0.15, 0.2) is 0 Å². The van der Waals surface area contributed by atoms with Gasteiger partial charge in [-0.15, -0.1) is 0 Å². The molecule has 2 nitrogen and oxygen atoms in total. The second kappa shape index (κ2) is 5.57. The normalized spacial score (nSPS) is 17.5. The largest absolute Gasteiger partial charge is 0.466 e. The Morgan fingerprint density at radius 1 is 1.31 bits per heavy atom. The number of hydrogen-bond donors (Lipinski definition) is 0. The van der Waals surface area contributed by atoms with Crippen LogP contribution in [0.1, 0.15) is 32.1 Å². The maximum atomic E-state index is 10.7. The summed E-state index contributed by atoms with van der Waals surface area (Å²) in [7, 11) is 1.39. The predicted octanol–water partition coefficient (Wildman–Crippen LogP) is 2.61. The molecule has 1 rings (SSSR count). The van der Waals surface area contributed by atoms with E-state index in [4.69, 9.17) is 0 Å². The van der Waals surface area contributed by atoms with Gasteiger partial charge in [-0.05, 0) is 25.7 Å². The number of esters is 1. The van der Waals surface area contributed by atoms with Crippen LogP contribution in [0.2, 0.25) is 0 Å². The number of methoxy groups -OCH3 is 1. The van der Waals surface area contributed by atoms with E-state index in [-0.39, 0.29) is 5.97 Å². The summed E-state index contributed by atoms with van der Waals surface area (Å²) in [4.78, 5) is 10.7. The zero-order valence-corrected chi connectivity index (χ0v) is 8.08. The lowest BCUT2D eigenvalue weighted by atomic mass is 9.95. The van der Waals surface area contributed by atoms with Crippen LogP contribution in [0, 0.1) is 0 Å². The fourth-order valence-corrected chi connectivity index (χ4v) is 1.50. The van der Waals surface area contributed by atoms with Crippen molar-refractivity contribution in [2.45, 2.75) is 32.1 Å². The molecule has 1 aliphatic rings. The zero-order chi connectivity index (χ0) is 9.52. The van der Waals surface area contributed by atoms with Gasteiger partial charge >= 0.3 is 5.97 Å². The Morgan fingerprint density at radius 2 is 2.00 bits per heavy atom. The Bertz CT molecular complexity index is 218. The van der Waals surface area contributed by atoms with Gasteiger partial charge in [0.25, 0.3) is 0 Å². The van der Waals surface area contributed by atoms with Crippen LogP contribution in [0.5, 0.6) is 0 Å². The number of hydrogen-bond acceptors (Lipinski definition) is 2. The molecule has 0 aromatic heterocycles. The van der Waals surface area contributed by atoms with Gasteiger partial charge in [0.05, 0.1) is 7.11 Å². The Morgan fingerprint density at radius 3 is 2.62 bits per heavy atom. The van der Waals surface area contributed by atoms with Gasteiger partial charge in [-0.1, -0.05) is 24.1 Å². The minimum atomic E-state index is -0.285.